The second-order valence-corrected chi connectivity index (χ2v) is 2.54. The number of carbonyl (C=O) groups is 1. The first-order chi connectivity index (χ1) is 7.08. The van der Waals surface area contributed by atoms with Gasteiger partial charge in [0.05, 0.1) is 4.92 Å². The smallest absolute Gasteiger partial charge is 0.449 e. The Bertz CT molecular complexity index is 395. The molecule has 6 nitrogen and oxygen atoms in total. The molecular weight excluding hydrogens is 202 g/mol. The second-order valence-electron chi connectivity index (χ2n) is 2.54. The molecular formula is C9H7NO5. The zero-order chi connectivity index (χ0) is 11.3. The fourth-order valence-corrected chi connectivity index (χ4v) is 0.895. The van der Waals surface area contributed by atoms with E-state index in [1.165, 1.54) is 30.3 Å². The molecule has 78 valence electrons. The van der Waals surface area contributed by atoms with Crippen LogP contribution in [-0.2, 0) is 0 Å². The molecule has 1 aromatic carbocycles. The first kappa shape index (κ1) is 10.7. The van der Waals surface area contributed by atoms with Crippen molar-refractivity contribution in [3.05, 3.63) is 46.1 Å². The average Bonchev–Trinajstić information content (AvgIpc) is 2.16. The lowest BCUT2D eigenvalue weighted by Crippen LogP contribution is -2.02. The molecule has 1 rings (SSSR count). The highest BCUT2D eigenvalue weighted by atomic mass is 16.7. The summed E-state index contributed by atoms with van der Waals surface area (Å²) in [6, 6.07) is 5.85. The predicted octanol–water partition coefficient (Wildman–Crippen LogP) is 1.99. The van der Waals surface area contributed by atoms with Gasteiger partial charge >= 0.3 is 6.16 Å². The van der Waals surface area contributed by atoms with Crippen molar-refractivity contribution in [3.63, 3.8) is 0 Å². The number of benzene rings is 1. The summed E-state index contributed by atoms with van der Waals surface area (Å²) in [4.78, 5) is 19.6. The number of nitrogens with zero attached hydrogens (tertiary/aromatic N) is 1. The molecule has 0 spiro atoms. The van der Waals surface area contributed by atoms with Gasteiger partial charge in [0, 0.05) is 6.08 Å². The molecule has 0 fully saturated rings. The molecule has 0 aliphatic heterocycles. The Morgan fingerprint density at radius 1 is 1.40 bits per heavy atom. The van der Waals surface area contributed by atoms with Gasteiger partial charge in [-0.1, -0.05) is 12.1 Å². The van der Waals surface area contributed by atoms with Gasteiger partial charge in [0.1, 0.15) is 5.75 Å². The van der Waals surface area contributed by atoms with E-state index in [1.807, 2.05) is 0 Å². The Morgan fingerprint density at radius 2 is 2.00 bits per heavy atom. The SMILES string of the molecule is O=C(O)Oc1ccc(C=C[N+](=O)[O-])cc1. The number of ether oxygens (including phenoxy) is 1. The summed E-state index contributed by atoms with van der Waals surface area (Å²) in [5.41, 5.74) is 0.587. The lowest BCUT2D eigenvalue weighted by Gasteiger charge is -1.98. The fourth-order valence-electron chi connectivity index (χ4n) is 0.895. The van der Waals surface area contributed by atoms with Crippen LogP contribution in [0.4, 0.5) is 4.79 Å². The van der Waals surface area contributed by atoms with Crippen LogP contribution in [0.15, 0.2) is 30.5 Å². The second kappa shape index (κ2) is 4.75. The van der Waals surface area contributed by atoms with Crippen LogP contribution >= 0.6 is 0 Å². The highest BCUT2D eigenvalue weighted by Gasteiger charge is 1.99. The van der Waals surface area contributed by atoms with Crippen molar-refractivity contribution in [2.75, 3.05) is 0 Å². The summed E-state index contributed by atoms with van der Waals surface area (Å²) in [5.74, 6) is 0.167. The highest BCUT2D eigenvalue weighted by Crippen LogP contribution is 2.13. The maximum atomic E-state index is 10.1. The fraction of sp³-hybridized carbons (Fsp3) is 0. The third-order valence-electron chi connectivity index (χ3n) is 1.47. The van der Waals surface area contributed by atoms with E-state index in [2.05, 4.69) is 4.74 Å². The van der Waals surface area contributed by atoms with Gasteiger partial charge in [-0.15, -0.1) is 0 Å². The number of hydrogen-bond acceptors (Lipinski definition) is 4. The quantitative estimate of drug-likeness (QED) is 0.356. The van der Waals surface area contributed by atoms with Gasteiger partial charge in [-0.05, 0) is 17.7 Å². The summed E-state index contributed by atoms with van der Waals surface area (Å²) in [7, 11) is 0. The minimum Gasteiger partial charge on any atom is -0.449 e. The molecule has 0 saturated carbocycles. The van der Waals surface area contributed by atoms with Crippen LogP contribution in [0.5, 0.6) is 5.75 Å². The molecule has 0 bridgehead atoms. The first-order valence-corrected chi connectivity index (χ1v) is 3.90. The maximum absolute atomic E-state index is 10.1. The van der Waals surface area contributed by atoms with Crippen LogP contribution in [-0.4, -0.2) is 16.2 Å². The molecule has 0 heterocycles. The predicted molar refractivity (Wildman–Crippen MR) is 51.1 cm³/mol. The van der Waals surface area contributed by atoms with E-state index < -0.39 is 11.1 Å². The van der Waals surface area contributed by atoms with Crippen molar-refractivity contribution in [2.45, 2.75) is 0 Å². The van der Waals surface area contributed by atoms with E-state index in [1.54, 1.807) is 0 Å². The number of carboxylic acid groups (broad SMARTS) is 1. The highest BCUT2D eigenvalue weighted by molar-refractivity contribution is 5.61. The summed E-state index contributed by atoms with van der Waals surface area (Å²) < 4.78 is 4.35. The van der Waals surface area contributed by atoms with Crippen LogP contribution in [0.25, 0.3) is 6.08 Å². The van der Waals surface area contributed by atoms with E-state index in [4.69, 9.17) is 5.11 Å². The van der Waals surface area contributed by atoms with Gasteiger partial charge in [0.15, 0.2) is 0 Å². The van der Waals surface area contributed by atoms with Crippen molar-refractivity contribution in [1.82, 2.24) is 0 Å². The van der Waals surface area contributed by atoms with Crippen LogP contribution in [0.2, 0.25) is 0 Å². The van der Waals surface area contributed by atoms with Crippen molar-refractivity contribution in [2.24, 2.45) is 0 Å². The van der Waals surface area contributed by atoms with Crippen molar-refractivity contribution < 1.29 is 19.6 Å². The molecule has 6 heteroatoms. The van der Waals surface area contributed by atoms with Crippen LogP contribution in [0.1, 0.15) is 5.56 Å². The van der Waals surface area contributed by atoms with E-state index in [9.17, 15) is 14.9 Å². The standard InChI is InChI=1S/C9H7NO5/c11-9(12)15-8-3-1-7(2-4-8)5-6-10(13)14/h1-6H,(H,11,12). The molecule has 0 amide bonds. The summed E-state index contributed by atoms with van der Waals surface area (Å²) >= 11 is 0. The molecule has 0 unspecified atom stereocenters. The molecule has 1 aromatic rings. The first-order valence-electron chi connectivity index (χ1n) is 3.90. The number of hydrogen-bond donors (Lipinski definition) is 1. The molecule has 0 aromatic heterocycles. The third-order valence-corrected chi connectivity index (χ3v) is 1.47. The largest absolute Gasteiger partial charge is 0.511 e. The minimum absolute atomic E-state index is 0.167. The monoisotopic (exact) mass is 209 g/mol. The Kier molecular flexibility index (Phi) is 3.39. The molecule has 0 radical (unpaired) electrons. The Balaban J connectivity index is 2.72. The molecule has 1 N–H and O–H groups in total. The van der Waals surface area contributed by atoms with Gasteiger partial charge in [0.25, 0.3) is 0 Å². The lowest BCUT2D eigenvalue weighted by molar-refractivity contribution is -0.400. The third kappa shape index (κ3) is 3.90. The van der Waals surface area contributed by atoms with E-state index in [-0.39, 0.29) is 5.75 Å². The van der Waals surface area contributed by atoms with Gasteiger partial charge in [0.2, 0.25) is 6.20 Å². The van der Waals surface area contributed by atoms with E-state index in [0.717, 1.165) is 6.20 Å². The van der Waals surface area contributed by atoms with E-state index in [0.29, 0.717) is 5.56 Å². The van der Waals surface area contributed by atoms with Gasteiger partial charge in [-0.2, -0.15) is 0 Å². The number of nitro groups is 1. The average molecular weight is 209 g/mol. The van der Waals surface area contributed by atoms with Crippen LogP contribution in [0.3, 0.4) is 0 Å². The van der Waals surface area contributed by atoms with Crippen molar-refractivity contribution in [3.8, 4) is 5.75 Å². The number of rotatable bonds is 3. The Labute approximate surface area is 84.6 Å². The zero-order valence-electron chi connectivity index (χ0n) is 7.49. The van der Waals surface area contributed by atoms with Gasteiger partial charge in [-0.3, -0.25) is 10.1 Å². The summed E-state index contributed by atoms with van der Waals surface area (Å²) in [5, 5.41) is 18.3. The van der Waals surface area contributed by atoms with Crippen molar-refractivity contribution >= 4 is 12.2 Å². The molecule has 0 aliphatic carbocycles. The molecule has 15 heavy (non-hydrogen) atoms. The Morgan fingerprint density at radius 3 is 2.47 bits per heavy atom. The van der Waals surface area contributed by atoms with Gasteiger partial charge < -0.3 is 9.84 Å². The minimum atomic E-state index is -1.40. The summed E-state index contributed by atoms with van der Waals surface area (Å²) in [6.07, 6.45) is 0.695. The van der Waals surface area contributed by atoms with Crippen molar-refractivity contribution in [1.29, 1.82) is 0 Å². The molecule has 0 aliphatic rings. The normalized spacial score (nSPS) is 10.1. The molecule has 0 atom stereocenters. The van der Waals surface area contributed by atoms with E-state index >= 15 is 0 Å². The lowest BCUT2D eigenvalue weighted by atomic mass is 10.2. The zero-order valence-corrected chi connectivity index (χ0v) is 7.49. The molecule has 0 saturated heterocycles. The summed E-state index contributed by atoms with van der Waals surface area (Å²) in [6.45, 7) is 0. The topological polar surface area (TPSA) is 89.7 Å². The van der Waals surface area contributed by atoms with Crippen LogP contribution < -0.4 is 4.74 Å². The van der Waals surface area contributed by atoms with Crippen LogP contribution in [0, 0.1) is 10.1 Å². The Hall–Kier alpha value is -2.37. The van der Waals surface area contributed by atoms with Gasteiger partial charge in [-0.25, -0.2) is 4.79 Å². The maximum Gasteiger partial charge on any atom is 0.511 e.